The highest BCUT2D eigenvalue weighted by Crippen LogP contribution is 2.31. The zero-order valence-electron chi connectivity index (χ0n) is 8.95. The molecule has 0 aliphatic carbocycles. The lowest BCUT2D eigenvalue weighted by molar-refractivity contribution is 0.589. The van der Waals surface area contributed by atoms with Crippen LogP contribution >= 0.6 is 11.6 Å². The molecule has 0 unspecified atom stereocenters. The van der Waals surface area contributed by atoms with Gasteiger partial charge in [-0.2, -0.15) is 0 Å². The maximum Gasteiger partial charge on any atom is 0.0457 e. The van der Waals surface area contributed by atoms with E-state index >= 15 is 0 Å². The van der Waals surface area contributed by atoms with Crippen molar-refractivity contribution in [3.8, 4) is 0 Å². The molecule has 1 heterocycles. The lowest BCUT2D eigenvalue weighted by Crippen LogP contribution is -2.11. The van der Waals surface area contributed by atoms with Gasteiger partial charge in [0.25, 0.3) is 0 Å². The number of hydrogen-bond donors (Lipinski definition) is 1. The quantitative estimate of drug-likeness (QED) is 0.692. The summed E-state index contributed by atoms with van der Waals surface area (Å²) < 4.78 is 0. The molecule has 1 aliphatic rings. The maximum absolute atomic E-state index is 6.24. The molecule has 2 heteroatoms. The van der Waals surface area contributed by atoms with Crippen molar-refractivity contribution in [3.63, 3.8) is 0 Å². The van der Waals surface area contributed by atoms with Crippen LogP contribution in [0.4, 0.5) is 0 Å². The minimum atomic E-state index is 0.182. The first-order valence-corrected chi connectivity index (χ1v) is 5.39. The summed E-state index contributed by atoms with van der Waals surface area (Å²) in [4.78, 5) is 0. The Balaban J connectivity index is 2.52. The van der Waals surface area contributed by atoms with Gasteiger partial charge in [-0.15, -0.1) is 0 Å². The van der Waals surface area contributed by atoms with Gasteiger partial charge in [-0.3, -0.25) is 0 Å². The minimum absolute atomic E-state index is 0.182. The highest BCUT2D eigenvalue weighted by atomic mass is 35.5. The third-order valence-electron chi connectivity index (χ3n) is 2.77. The molecular weight excluding hydrogens is 194 g/mol. The normalized spacial score (nSPS) is 15.7. The van der Waals surface area contributed by atoms with E-state index in [1.165, 1.54) is 16.7 Å². The molecule has 14 heavy (non-hydrogen) atoms. The van der Waals surface area contributed by atoms with Gasteiger partial charge < -0.3 is 5.32 Å². The summed E-state index contributed by atoms with van der Waals surface area (Å²) >= 11 is 6.24. The molecule has 1 aromatic rings. The van der Waals surface area contributed by atoms with E-state index in [-0.39, 0.29) is 5.41 Å². The average Bonchev–Trinajstić information content (AvgIpc) is 2.50. The molecule has 0 radical (unpaired) electrons. The lowest BCUT2D eigenvalue weighted by Gasteiger charge is -2.20. The predicted octanol–water partition coefficient (Wildman–Crippen LogP) is 3.24. The van der Waals surface area contributed by atoms with Gasteiger partial charge in [0.15, 0.2) is 0 Å². The van der Waals surface area contributed by atoms with E-state index in [4.69, 9.17) is 11.6 Å². The van der Waals surface area contributed by atoms with Gasteiger partial charge >= 0.3 is 0 Å². The molecule has 0 spiro atoms. The number of rotatable bonds is 0. The second-order valence-corrected chi connectivity index (χ2v) is 5.36. The summed E-state index contributed by atoms with van der Waals surface area (Å²) in [5.74, 6) is 0. The molecular formula is C12H16ClN. The van der Waals surface area contributed by atoms with Crippen molar-refractivity contribution < 1.29 is 0 Å². The first-order chi connectivity index (χ1) is 6.48. The molecule has 1 aromatic carbocycles. The second-order valence-electron chi connectivity index (χ2n) is 4.95. The van der Waals surface area contributed by atoms with Crippen LogP contribution in [0.1, 0.15) is 37.5 Å². The van der Waals surface area contributed by atoms with E-state index in [0.29, 0.717) is 0 Å². The van der Waals surface area contributed by atoms with Crippen molar-refractivity contribution in [2.45, 2.75) is 39.3 Å². The van der Waals surface area contributed by atoms with Gasteiger partial charge in [0.2, 0.25) is 0 Å². The van der Waals surface area contributed by atoms with Crippen LogP contribution in [0.25, 0.3) is 0 Å². The first kappa shape index (κ1) is 10.0. The first-order valence-electron chi connectivity index (χ1n) is 5.01. The fraction of sp³-hybridized carbons (Fsp3) is 0.500. The fourth-order valence-electron chi connectivity index (χ4n) is 1.80. The van der Waals surface area contributed by atoms with Crippen LogP contribution in [0.5, 0.6) is 0 Å². The monoisotopic (exact) mass is 209 g/mol. The lowest BCUT2D eigenvalue weighted by atomic mass is 9.85. The Kier molecular flexibility index (Phi) is 2.32. The van der Waals surface area contributed by atoms with Crippen molar-refractivity contribution in [1.29, 1.82) is 0 Å². The Hall–Kier alpha value is -0.530. The van der Waals surface area contributed by atoms with Gasteiger partial charge in [0, 0.05) is 18.1 Å². The van der Waals surface area contributed by atoms with Crippen LogP contribution in [0.3, 0.4) is 0 Å². The van der Waals surface area contributed by atoms with Crippen LogP contribution in [-0.4, -0.2) is 0 Å². The Morgan fingerprint density at radius 2 is 1.93 bits per heavy atom. The maximum atomic E-state index is 6.24. The predicted molar refractivity (Wildman–Crippen MR) is 60.7 cm³/mol. The molecule has 0 saturated carbocycles. The van der Waals surface area contributed by atoms with E-state index in [9.17, 15) is 0 Å². The molecule has 0 atom stereocenters. The fourth-order valence-corrected chi connectivity index (χ4v) is 2.11. The molecule has 0 saturated heterocycles. The molecule has 0 bridgehead atoms. The molecule has 1 N–H and O–H groups in total. The van der Waals surface area contributed by atoms with Crippen molar-refractivity contribution in [2.24, 2.45) is 0 Å². The van der Waals surface area contributed by atoms with E-state index in [2.05, 4.69) is 38.2 Å². The summed E-state index contributed by atoms with van der Waals surface area (Å²) in [6.07, 6.45) is 0. The van der Waals surface area contributed by atoms with Crippen LogP contribution in [0.15, 0.2) is 12.1 Å². The van der Waals surface area contributed by atoms with E-state index < -0.39 is 0 Å². The topological polar surface area (TPSA) is 12.0 Å². The highest BCUT2D eigenvalue weighted by Gasteiger charge is 2.20. The zero-order valence-corrected chi connectivity index (χ0v) is 9.70. The molecule has 2 rings (SSSR count). The van der Waals surface area contributed by atoms with Crippen LogP contribution in [0, 0.1) is 0 Å². The summed E-state index contributed by atoms with van der Waals surface area (Å²) in [6, 6.07) is 4.38. The summed E-state index contributed by atoms with van der Waals surface area (Å²) in [5.41, 5.74) is 4.15. The van der Waals surface area contributed by atoms with E-state index in [1.807, 2.05) is 0 Å². The van der Waals surface area contributed by atoms with Gasteiger partial charge in [0.05, 0.1) is 0 Å². The number of nitrogens with one attached hydrogen (secondary N) is 1. The molecule has 0 aromatic heterocycles. The molecule has 76 valence electrons. The molecule has 0 amide bonds. The van der Waals surface area contributed by atoms with Crippen LogP contribution < -0.4 is 5.32 Å². The number of fused-ring (bicyclic) bond motifs is 1. The average molecular weight is 210 g/mol. The summed E-state index contributed by atoms with van der Waals surface area (Å²) in [5, 5.41) is 4.24. The third-order valence-corrected chi connectivity index (χ3v) is 3.11. The zero-order chi connectivity index (χ0) is 10.3. The Bertz CT molecular complexity index is 363. The van der Waals surface area contributed by atoms with Gasteiger partial charge in [-0.25, -0.2) is 0 Å². The van der Waals surface area contributed by atoms with Gasteiger partial charge in [0.1, 0.15) is 0 Å². The summed E-state index contributed by atoms with van der Waals surface area (Å²) in [7, 11) is 0. The third kappa shape index (κ3) is 1.67. The van der Waals surface area contributed by atoms with Crippen LogP contribution in [-0.2, 0) is 18.5 Å². The Morgan fingerprint density at radius 1 is 1.21 bits per heavy atom. The van der Waals surface area contributed by atoms with E-state index in [1.54, 1.807) is 0 Å². The van der Waals surface area contributed by atoms with Gasteiger partial charge in [-0.05, 0) is 28.2 Å². The van der Waals surface area contributed by atoms with Crippen molar-refractivity contribution in [3.05, 3.63) is 33.8 Å². The Labute approximate surface area is 90.5 Å². The van der Waals surface area contributed by atoms with E-state index in [0.717, 1.165) is 18.1 Å². The smallest absolute Gasteiger partial charge is 0.0457 e. The highest BCUT2D eigenvalue weighted by molar-refractivity contribution is 6.31. The molecule has 1 aliphatic heterocycles. The second kappa shape index (κ2) is 3.25. The van der Waals surface area contributed by atoms with Crippen molar-refractivity contribution in [1.82, 2.24) is 5.32 Å². The SMILES string of the molecule is CC(C)(C)c1cc(Cl)c2c(c1)CNC2. The number of hydrogen-bond acceptors (Lipinski definition) is 1. The largest absolute Gasteiger partial charge is 0.309 e. The van der Waals surface area contributed by atoms with Gasteiger partial charge in [-0.1, -0.05) is 38.4 Å². The number of benzene rings is 1. The minimum Gasteiger partial charge on any atom is -0.309 e. The van der Waals surface area contributed by atoms with Crippen molar-refractivity contribution in [2.75, 3.05) is 0 Å². The molecule has 0 fully saturated rings. The standard InChI is InChI=1S/C12H16ClN/c1-12(2,3)9-4-8-6-14-7-10(8)11(13)5-9/h4-5,14H,6-7H2,1-3H3. The molecule has 1 nitrogen and oxygen atoms in total. The van der Waals surface area contributed by atoms with Crippen molar-refractivity contribution >= 4 is 11.6 Å². The Morgan fingerprint density at radius 3 is 2.57 bits per heavy atom. The van der Waals surface area contributed by atoms with Crippen LogP contribution in [0.2, 0.25) is 5.02 Å². The number of halogens is 1. The summed E-state index contributed by atoms with van der Waals surface area (Å²) in [6.45, 7) is 8.52.